The van der Waals surface area contributed by atoms with Gasteiger partial charge >= 0.3 is 0 Å². The number of piperazine rings is 1. The van der Waals surface area contributed by atoms with E-state index in [1.165, 1.54) is 12.3 Å². The lowest BCUT2D eigenvalue weighted by Crippen LogP contribution is -2.48. The minimum atomic E-state index is -0.501. The van der Waals surface area contributed by atoms with E-state index in [4.69, 9.17) is 4.42 Å². The van der Waals surface area contributed by atoms with Crippen LogP contribution >= 0.6 is 0 Å². The number of anilines is 1. The Hall–Kier alpha value is -2.29. The van der Waals surface area contributed by atoms with E-state index in [0.717, 1.165) is 44.6 Å². The highest BCUT2D eigenvalue weighted by Crippen LogP contribution is 2.17. The fourth-order valence-electron chi connectivity index (χ4n) is 3.45. The predicted molar refractivity (Wildman–Crippen MR) is 108 cm³/mol. The summed E-state index contributed by atoms with van der Waals surface area (Å²) < 4.78 is 19.3. The third kappa shape index (κ3) is 6.09. The van der Waals surface area contributed by atoms with Crippen LogP contribution in [0, 0.1) is 12.7 Å². The van der Waals surface area contributed by atoms with Crippen LogP contribution in [0.25, 0.3) is 0 Å². The molecule has 0 saturated carbocycles. The van der Waals surface area contributed by atoms with Gasteiger partial charge in [-0.1, -0.05) is 19.4 Å². The van der Waals surface area contributed by atoms with E-state index in [9.17, 15) is 14.3 Å². The van der Waals surface area contributed by atoms with Gasteiger partial charge in [-0.2, -0.15) is 0 Å². The molecule has 1 fully saturated rings. The average molecular weight is 404 g/mol. The molecule has 8 heteroatoms. The Morgan fingerprint density at radius 2 is 2.03 bits per heavy atom. The van der Waals surface area contributed by atoms with E-state index in [1.807, 2.05) is 6.92 Å². The van der Waals surface area contributed by atoms with Gasteiger partial charge in [-0.25, -0.2) is 9.37 Å². The highest BCUT2D eigenvalue weighted by molar-refractivity contribution is 6.02. The molecule has 2 heterocycles. The van der Waals surface area contributed by atoms with Crippen molar-refractivity contribution >= 4 is 11.6 Å². The Balaban J connectivity index is 1.49. The van der Waals surface area contributed by atoms with Crippen LogP contribution in [0.3, 0.4) is 0 Å². The molecule has 2 aromatic rings. The molecule has 0 radical (unpaired) electrons. The van der Waals surface area contributed by atoms with Crippen LogP contribution in [0.15, 0.2) is 28.9 Å². The monoisotopic (exact) mass is 404 g/mol. The summed E-state index contributed by atoms with van der Waals surface area (Å²) in [6.07, 6.45) is 2.85. The fourth-order valence-corrected chi connectivity index (χ4v) is 3.45. The SMILES string of the molecule is CCC[C@H](O)CN1CCN(Cc2nc(C(=O)Nc3cc(C)ccc3F)co2)CC1. The number of hydrogen-bond acceptors (Lipinski definition) is 6. The summed E-state index contributed by atoms with van der Waals surface area (Å²) in [5, 5.41) is 12.5. The van der Waals surface area contributed by atoms with Gasteiger partial charge in [0.05, 0.1) is 18.3 Å². The lowest BCUT2D eigenvalue weighted by atomic mass is 10.2. The highest BCUT2D eigenvalue weighted by Gasteiger charge is 2.21. The Kier molecular flexibility index (Phi) is 7.35. The number of aromatic nitrogens is 1. The van der Waals surface area contributed by atoms with Gasteiger partial charge in [-0.05, 0) is 31.0 Å². The number of oxazole rings is 1. The molecular weight excluding hydrogens is 375 g/mol. The topological polar surface area (TPSA) is 81.8 Å². The molecule has 0 spiro atoms. The molecule has 1 amide bonds. The number of aliphatic hydroxyl groups is 1. The van der Waals surface area contributed by atoms with Crippen LogP contribution in [0.1, 0.15) is 41.7 Å². The van der Waals surface area contributed by atoms with E-state index in [0.29, 0.717) is 19.0 Å². The lowest BCUT2D eigenvalue weighted by Gasteiger charge is -2.34. The number of β-amino-alcohol motifs (C(OH)–C–C–N with tert-alkyl or cyclic N) is 1. The Morgan fingerprint density at radius 1 is 1.31 bits per heavy atom. The van der Waals surface area contributed by atoms with Crippen molar-refractivity contribution in [3.05, 3.63) is 47.4 Å². The summed E-state index contributed by atoms with van der Waals surface area (Å²) in [6, 6.07) is 4.54. The van der Waals surface area contributed by atoms with Crippen molar-refractivity contribution in [2.75, 3.05) is 38.0 Å². The maximum Gasteiger partial charge on any atom is 0.277 e. The quantitative estimate of drug-likeness (QED) is 0.704. The second-order valence-corrected chi connectivity index (χ2v) is 7.58. The van der Waals surface area contributed by atoms with E-state index < -0.39 is 11.7 Å². The maximum absolute atomic E-state index is 13.8. The summed E-state index contributed by atoms with van der Waals surface area (Å²) in [6.45, 7) is 8.56. The van der Waals surface area contributed by atoms with E-state index in [1.54, 1.807) is 12.1 Å². The fraction of sp³-hybridized carbons (Fsp3) is 0.524. The first-order valence-corrected chi connectivity index (χ1v) is 10.1. The molecule has 0 bridgehead atoms. The number of nitrogens with one attached hydrogen (secondary N) is 1. The van der Waals surface area contributed by atoms with Crippen molar-refractivity contribution in [3.63, 3.8) is 0 Å². The molecule has 1 aliphatic heterocycles. The normalized spacial score (nSPS) is 16.7. The second kappa shape index (κ2) is 9.96. The minimum Gasteiger partial charge on any atom is -0.447 e. The molecule has 0 unspecified atom stereocenters. The van der Waals surface area contributed by atoms with Crippen LogP contribution in [0.2, 0.25) is 0 Å². The van der Waals surface area contributed by atoms with Crippen molar-refractivity contribution in [3.8, 4) is 0 Å². The lowest BCUT2D eigenvalue weighted by molar-refractivity contribution is 0.0634. The number of carbonyl (C=O) groups is 1. The zero-order chi connectivity index (χ0) is 20.8. The number of benzene rings is 1. The molecule has 3 rings (SSSR count). The largest absolute Gasteiger partial charge is 0.447 e. The summed E-state index contributed by atoms with van der Waals surface area (Å²) in [4.78, 5) is 21.1. The minimum absolute atomic E-state index is 0.126. The number of aliphatic hydroxyl groups excluding tert-OH is 1. The van der Waals surface area contributed by atoms with E-state index >= 15 is 0 Å². The van der Waals surface area contributed by atoms with Gasteiger partial charge in [-0.3, -0.25) is 14.6 Å². The molecule has 2 N–H and O–H groups in total. The first-order valence-electron chi connectivity index (χ1n) is 10.1. The van der Waals surface area contributed by atoms with Crippen LogP contribution in [-0.2, 0) is 6.54 Å². The maximum atomic E-state index is 13.8. The van der Waals surface area contributed by atoms with Gasteiger partial charge in [0.15, 0.2) is 5.69 Å². The number of carbonyl (C=O) groups excluding carboxylic acids is 1. The molecule has 1 atom stereocenters. The number of hydrogen-bond donors (Lipinski definition) is 2. The van der Waals surface area contributed by atoms with Crippen LogP contribution in [0.5, 0.6) is 0 Å². The van der Waals surface area contributed by atoms with Gasteiger partial charge in [0.1, 0.15) is 12.1 Å². The van der Waals surface area contributed by atoms with Gasteiger partial charge in [-0.15, -0.1) is 0 Å². The zero-order valence-electron chi connectivity index (χ0n) is 17.0. The molecule has 1 saturated heterocycles. The number of halogens is 1. The van der Waals surface area contributed by atoms with Crippen LogP contribution in [0.4, 0.5) is 10.1 Å². The van der Waals surface area contributed by atoms with Gasteiger partial charge in [0.2, 0.25) is 5.89 Å². The van der Waals surface area contributed by atoms with Crippen LogP contribution < -0.4 is 5.32 Å². The zero-order valence-corrected chi connectivity index (χ0v) is 17.0. The summed E-state index contributed by atoms with van der Waals surface area (Å²) in [5.74, 6) is -0.534. The summed E-state index contributed by atoms with van der Waals surface area (Å²) in [7, 11) is 0. The average Bonchev–Trinajstić information content (AvgIpc) is 3.15. The van der Waals surface area contributed by atoms with E-state index in [2.05, 4.69) is 27.0 Å². The smallest absolute Gasteiger partial charge is 0.277 e. The van der Waals surface area contributed by atoms with Crippen molar-refractivity contribution in [2.45, 2.75) is 39.3 Å². The molecule has 0 aliphatic carbocycles. The van der Waals surface area contributed by atoms with Crippen LogP contribution in [-0.4, -0.2) is 64.6 Å². The Morgan fingerprint density at radius 3 is 2.76 bits per heavy atom. The number of rotatable bonds is 8. The molecule has 7 nitrogen and oxygen atoms in total. The predicted octanol–water partition coefficient (Wildman–Crippen LogP) is 2.65. The molecule has 1 aromatic carbocycles. The second-order valence-electron chi connectivity index (χ2n) is 7.58. The van der Waals surface area contributed by atoms with Gasteiger partial charge in [0, 0.05) is 32.7 Å². The van der Waals surface area contributed by atoms with Gasteiger partial charge in [0.25, 0.3) is 5.91 Å². The number of amides is 1. The van der Waals surface area contributed by atoms with Crippen molar-refractivity contribution in [2.24, 2.45) is 0 Å². The Bertz CT molecular complexity index is 818. The molecular formula is C21H29FN4O3. The molecule has 1 aliphatic rings. The van der Waals surface area contributed by atoms with Crippen molar-refractivity contribution < 1.29 is 18.7 Å². The van der Waals surface area contributed by atoms with Crippen molar-refractivity contribution in [1.82, 2.24) is 14.8 Å². The highest BCUT2D eigenvalue weighted by atomic mass is 19.1. The molecule has 29 heavy (non-hydrogen) atoms. The number of aryl methyl sites for hydroxylation is 1. The standard InChI is InChI=1S/C21H29FN4O3/c1-3-4-16(27)12-25-7-9-26(10-8-25)13-20-23-19(14-29-20)21(28)24-18-11-15(2)5-6-17(18)22/h5-6,11,14,16,27H,3-4,7-10,12-13H2,1-2H3,(H,24,28)/t16-/m0/s1. The Labute approximate surface area is 170 Å². The third-order valence-electron chi connectivity index (χ3n) is 5.07. The summed E-state index contributed by atoms with van der Waals surface area (Å²) >= 11 is 0. The third-order valence-corrected chi connectivity index (χ3v) is 5.07. The molecule has 1 aromatic heterocycles. The number of nitrogens with zero attached hydrogens (tertiary/aromatic N) is 3. The van der Waals surface area contributed by atoms with E-state index in [-0.39, 0.29) is 17.5 Å². The first-order chi connectivity index (χ1) is 13.9. The molecule has 158 valence electrons. The van der Waals surface area contributed by atoms with Crippen molar-refractivity contribution in [1.29, 1.82) is 0 Å². The van der Waals surface area contributed by atoms with Gasteiger partial charge < -0.3 is 14.8 Å². The first kappa shape index (κ1) is 21.4. The summed E-state index contributed by atoms with van der Waals surface area (Å²) in [5.41, 5.74) is 1.10.